The summed E-state index contributed by atoms with van der Waals surface area (Å²) in [5.74, 6) is -0.438. The number of aryl methyl sites for hydroxylation is 2. The van der Waals surface area contributed by atoms with Crippen LogP contribution in [0.2, 0.25) is 0 Å². The van der Waals surface area contributed by atoms with E-state index in [4.69, 9.17) is 0 Å². The molecule has 1 heterocycles. The average molecular weight is 390 g/mol. The first-order valence-corrected chi connectivity index (χ1v) is 9.69. The van der Waals surface area contributed by atoms with E-state index >= 15 is 0 Å². The van der Waals surface area contributed by atoms with E-state index in [1.54, 1.807) is 54.0 Å². The van der Waals surface area contributed by atoms with Gasteiger partial charge in [0.05, 0.1) is 11.0 Å². The van der Waals surface area contributed by atoms with Gasteiger partial charge in [0.1, 0.15) is 5.69 Å². The van der Waals surface area contributed by atoms with E-state index in [-0.39, 0.29) is 23.4 Å². The quantitative estimate of drug-likeness (QED) is 0.701. The van der Waals surface area contributed by atoms with Crippen LogP contribution in [0.25, 0.3) is 11.0 Å². The molecule has 148 valence electrons. The molecule has 1 aromatic heterocycles. The lowest BCUT2D eigenvalue weighted by Crippen LogP contribution is -2.25. The predicted molar refractivity (Wildman–Crippen MR) is 111 cm³/mol. The number of rotatable bonds is 5. The Bertz CT molecular complexity index is 1180. The third-order valence-corrected chi connectivity index (χ3v) is 4.98. The van der Waals surface area contributed by atoms with Crippen LogP contribution in [0.3, 0.4) is 0 Å². The first-order valence-electron chi connectivity index (χ1n) is 9.69. The molecule has 1 aliphatic rings. The molecule has 2 amide bonds. The third-order valence-electron chi connectivity index (χ3n) is 4.98. The summed E-state index contributed by atoms with van der Waals surface area (Å²) in [6.45, 7) is 4.09. The van der Waals surface area contributed by atoms with Gasteiger partial charge in [-0.15, -0.1) is 0 Å². The first kappa shape index (κ1) is 18.9. The summed E-state index contributed by atoms with van der Waals surface area (Å²) in [5, 5.41) is 5.76. The van der Waals surface area contributed by atoms with E-state index in [1.807, 2.05) is 6.92 Å². The Balaban J connectivity index is 1.58. The number of aromatic nitrogens is 2. The zero-order valence-electron chi connectivity index (χ0n) is 16.4. The summed E-state index contributed by atoms with van der Waals surface area (Å²) in [5.41, 5.74) is 3.04. The van der Waals surface area contributed by atoms with Crippen molar-refractivity contribution in [2.24, 2.45) is 0 Å². The molecule has 1 saturated carbocycles. The monoisotopic (exact) mass is 390 g/mol. The van der Waals surface area contributed by atoms with Crippen LogP contribution in [0.5, 0.6) is 0 Å². The van der Waals surface area contributed by atoms with Gasteiger partial charge in [0.15, 0.2) is 0 Å². The molecule has 0 radical (unpaired) electrons. The number of nitrogens with one attached hydrogen (secondary N) is 2. The van der Waals surface area contributed by atoms with Gasteiger partial charge < -0.3 is 15.2 Å². The Labute approximate surface area is 167 Å². The van der Waals surface area contributed by atoms with Crippen LogP contribution in [-0.2, 0) is 6.54 Å². The fraction of sp³-hybridized carbons (Fsp3) is 0.273. The zero-order chi connectivity index (χ0) is 20.5. The van der Waals surface area contributed by atoms with Crippen molar-refractivity contribution in [1.29, 1.82) is 0 Å². The number of hydrogen-bond donors (Lipinski definition) is 2. The SMILES string of the molecule is CCn1c(=O)c(C)nc2cc(C(=O)Nc3cccc(C(=O)NC4CC4)c3)ccc21. The average Bonchev–Trinajstić information content (AvgIpc) is 3.53. The topological polar surface area (TPSA) is 93.1 Å². The highest BCUT2D eigenvalue weighted by Crippen LogP contribution is 2.20. The molecule has 1 fully saturated rings. The summed E-state index contributed by atoms with van der Waals surface area (Å²) in [7, 11) is 0. The maximum absolute atomic E-state index is 12.7. The molecule has 7 nitrogen and oxygen atoms in total. The van der Waals surface area contributed by atoms with Gasteiger partial charge in [0.2, 0.25) is 0 Å². The van der Waals surface area contributed by atoms with E-state index in [2.05, 4.69) is 15.6 Å². The van der Waals surface area contributed by atoms with E-state index in [0.717, 1.165) is 12.8 Å². The second-order valence-electron chi connectivity index (χ2n) is 7.23. The standard InChI is InChI=1S/C22H22N4O3/c1-3-26-19-10-7-15(12-18(19)23-13(2)22(26)29)21(28)25-17-6-4-5-14(11-17)20(27)24-16-8-9-16/h4-7,10-12,16H,3,8-9H2,1-2H3,(H,24,27)(H,25,28). The first-order chi connectivity index (χ1) is 14.0. The highest BCUT2D eigenvalue weighted by molar-refractivity contribution is 6.06. The van der Waals surface area contributed by atoms with E-state index in [1.165, 1.54) is 0 Å². The molecular weight excluding hydrogens is 368 g/mol. The van der Waals surface area contributed by atoms with Crippen molar-refractivity contribution >= 4 is 28.5 Å². The van der Waals surface area contributed by atoms with Crippen LogP contribution in [0.15, 0.2) is 47.3 Å². The lowest BCUT2D eigenvalue weighted by atomic mass is 10.1. The number of anilines is 1. The molecule has 2 N–H and O–H groups in total. The van der Waals surface area contributed by atoms with Gasteiger partial charge in [-0.3, -0.25) is 14.4 Å². The number of benzene rings is 2. The lowest BCUT2D eigenvalue weighted by Gasteiger charge is -2.11. The summed E-state index contributed by atoms with van der Waals surface area (Å²) in [4.78, 5) is 41.5. The lowest BCUT2D eigenvalue weighted by molar-refractivity contribution is 0.0949. The number of nitrogens with zero attached hydrogens (tertiary/aromatic N) is 2. The molecule has 4 rings (SSSR count). The number of carbonyl (C=O) groups excluding carboxylic acids is 2. The van der Waals surface area contributed by atoms with Crippen LogP contribution in [0, 0.1) is 6.92 Å². The van der Waals surface area contributed by atoms with Gasteiger partial charge in [-0.25, -0.2) is 4.98 Å². The van der Waals surface area contributed by atoms with E-state index in [9.17, 15) is 14.4 Å². The predicted octanol–water partition coefficient (Wildman–Crippen LogP) is 2.87. The summed E-state index contributed by atoms with van der Waals surface area (Å²) < 4.78 is 1.64. The van der Waals surface area contributed by atoms with Crippen molar-refractivity contribution in [1.82, 2.24) is 14.9 Å². The Morgan fingerprint density at radius 2 is 1.86 bits per heavy atom. The van der Waals surface area contributed by atoms with Gasteiger partial charge in [-0.2, -0.15) is 0 Å². The highest BCUT2D eigenvalue weighted by Gasteiger charge is 2.23. The molecule has 29 heavy (non-hydrogen) atoms. The summed E-state index contributed by atoms with van der Waals surface area (Å²) >= 11 is 0. The highest BCUT2D eigenvalue weighted by atomic mass is 16.2. The van der Waals surface area contributed by atoms with Crippen molar-refractivity contribution in [3.05, 3.63) is 69.6 Å². The number of hydrogen-bond acceptors (Lipinski definition) is 4. The van der Waals surface area contributed by atoms with Crippen LogP contribution < -0.4 is 16.2 Å². The minimum Gasteiger partial charge on any atom is -0.349 e. The molecule has 2 aromatic carbocycles. The molecule has 0 saturated heterocycles. The molecule has 0 unspecified atom stereocenters. The maximum atomic E-state index is 12.7. The molecular formula is C22H22N4O3. The second-order valence-corrected chi connectivity index (χ2v) is 7.23. The Morgan fingerprint density at radius 3 is 2.59 bits per heavy atom. The van der Waals surface area contributed by atoms with Crippen LogP contribution in [-0.4, -0.2) is 27.4 Å². The normalized spacial score (nSPS) is 13.3. The Morgan fingerprint density at radius 1 is 1.10 bits per heavy atom. The van der Waals surface area contributed by atoms with E-state index in [0.29, 0.717) is 40.1 Å². The molecule has 3 aromatic rings. The van der Waals surface area contributed by atoms with Crippen molar-refractivity contribution in [2.45, 2.75) is 39.3 Å². The zero-order valence-corrected chi connectivity index (χ0v) is 16.4. The van der Waals surface area contributed by atoms with Crippen molar-refractivity contribution in [3.63, 3.8) is 0 Å². The molecule has 0 spiro atoms. The largest absolute Gasteiger partial charge is 0.349 e. The summed E-state index contributed by atoms with van der Waals surface area (Å²) in [6, 6.07) is 12.2. The number of carbonyl (C=O) groups is 2. The second kappa shape index (κ2) is 7.50. The van der Waals surface area contributed by atoms with Gasteiger partial charge in [0, 0.05) is 29.4 Å². The van der Waals surface area contributed by atoms with Crippen LogP contribution >= 0.6 is 0 Å². The van der Waals surface area contributed by atoms with Gasteiger partial charge in [-0.05, 0) is 63.1 Å². The number of fused-ring (bicyclic) bond motifs is 1. The van der Waals surface area contributed by atoms with Gasteiger partial charge >= 0.3 is 0 Å². The number of amides is 2. The Kier molecular flexibility index (Phi) is 4.88. The fourth-order valence-electron chi connectivity index (χ4n) is 3.27. The minimum atomic E-state index is -0.305. The van der Waals surface area contributed by atoms with Crippen LogP contribution in [0.4, 0.5) is 5.69 Å². The fourth-order valence-corrected chi connectivity index (χ4v) is 3.27. The van der Waals surface area contributed by atoms with Crippen molar-refractivity contribution < 1.29 is 9.59 Å². The Hall–Kier alpha value is -3.48. The molecule has 0 atom stereocenters. The van der Waals surface area contributed by atoms with Crippen molar-refractivity contribution in [2.75, 3.05) is 5.32 Å². The molecule has 1 aliphatic carbocycles. The smallest absolute Gasteiger partial charge is 0.272 e. The van der Waals surface area contributed by atoms with Gasteiger partial charge in [-0.1, -0.05) is 6.07 Å². The van der Waals surface area contributed by atoms with Crippen LogP contribution in [0.1, 0.15) is 46.2 Å². The minimum absolute atomic E-state index is 0.126. The molecule has 7 heteroatoms. The molecule has 0 bridgehead atoms. The van der Waals surface area contributed by atoms with Crippen molar-refractivity contribution in [3.8, 4) is 0 Å². The maximum Gasteiger partial charge on any atom is 0.272 e. The summed E-state index contributed by atoms with van der Waals surface area (Å²) in [6.07, 6.45) is 2.03. The van der Waals surface area contributed by atoms with Gasteiger partial charge in [0.25, 0.3) is 17.4 Å². The third kappa shape index (κ3) is 3.89. The van der Waals surface area contributed by atoms with E-state index < -0.39 is 0 Å². The molecule has 0 aliphatic heterocycles.